The molecule has 1 aromatic heterocycles. The molecule has 0 aliphatic rings. The first-order valence-corrected chi connectivity index (χ1v) is 9.29. The van der Waals surface area contributed by atoms with E-state index in [-0.39, 0.29) is 6.04 Å². The number of benzene rings is 1. The first kappa shape index (κ1) is 16.0. The van der Waals surface area contributed by atoms with Gasteiger partial charge in [-0.25, -0.2) is 13.1 Å². The van der Waals surface area contributed by atoms with Crippen molar-refractivity contribution < 1.29 is 8.42 Å². The number of rotatable bonds is 7. The fourth-order valence-corrected chi connectivity index (χ4v) is 3.78. The molecule has 2 rings (SSSR count). The summed E-state index contributed by atoms with van der Waals surface area (Å²) in [4.78, 5) is 1.54. The van der Waals surface area contributed by atoms with E-state index in [0.29, 0.717) is 11.4 Å². The van der Waals surface area contributed by atoms with Crippen LogP contribution < -0.4 is 10.0 Å². The highest BCUT2D eigenvalue weighted by molar-refractivity contribution is 7.89. The molecule has 4 nitrogen and oxygen atoms in total. The van der Waals surface area contributed by atoms with Crippen molar-refractivity contribution in [3.63, 3.8) is 0 Å². The van der Waals surface area contributed by atoms with E-state index in [1.54, 1.807) is 35.6 Å². The van der Waals surface area contributed by atoms with E-state index in [9.17, 15) is 8.42 Å². The van der Waals surface area contributed by atoms with Gasteiger partial charge < -0.3 is 5.32 Å². The van der Waals surface area contributed by atoms with E-state index in [4.69, 9.17) is 0 Å². The molecular weight excluding hydrogens is 304 g/mol. The number of nitrogens with one attached hydrogen (secondary N) is 2. The molecule has 1 heterocycles. The van der Waals surface area contributed by atoms with Gasteiger partial charge in [0.2, 0.25) is 10.0 Å². The smallest absolute Gasteiger partial charge is 0.240 e. The number of hydrogen-bond acceptors (Lipinski definition) is 4. The van der Waals surface area contributed by atoms with E-state index in [2.05, 4.69) is 23.0 Å². The van der Waals surface area contributed by atoms with Crippen molar-refractivity contribution in [2.75, 3.05) is 11.9 Å². The van der Waals surface area contributed by atoms with Gasteiger partial charge in [0.15, 0.2) is 0 Å². The summed E-state index contributed by atoms with van der Waals surface area (Å²) in [5, 5.41) is 5.41. The van der Waals surface area contributed by atoms with Gasteiger partial charge in [-0.1, -0.05) is 13.0 Å². The van der Waals surface area contributed by atoms with Crippen LogP contribution in [0.3, 0.4) is 0 Å². The average molecular weight is 324 g/mol. The third-order valence-corrected chi connectivity index (χ3v) is 5.59. The summed E-state index contributed by atoms with van der Waals surface area (Å²) in [6.45, 7) is 4.47. The molecule has 2 aromatic rings. The fraction of sp³-hybridized carbons (Fsp3) is 0.333. The number of sulfonamides is 1. The van der Waals surface area contributed by atoms with Gasteiger partial charge in [0.1, 0.15) is 0 Å². The second-order valence-corrected chi connectivity index (χ2v) is 7.55. The number of hydrogen-bond donors (Lipinski definition) is 2. The van der Waals surface area contributed by atoms with Crippen LogP contribution >= 0.6 is 11.3 Å². The van der Waals surface area contributed by atoms with Crippen molar-refractivity contribution in [3.8, 4) is 0 Å². The monoisotopic (exact) mass is 324 g/mol. The molecule has 21 heavy (non-hydrogen) atoms. The average Bonchev–Trinajstić information content (AvgIpc) is 3.00. The zero-order valence-electron chi connectivity index (χ0n) is 12.2. The molecule has 0 spiro atoms. The molecule has 1 unspecified atom stereocenters. The molecule has 0 saturated heterocycles. The highest BCUT2D eigenvalue weighted by atomic mass is 32.2. The molecule has 0 saturated carbocycles. The lowest BCUT2D eigenvalue weighted by Gasteiger charge is -2.14. The minimum absolute atomic E-state index is 0.200. The summed E-state index contributed by atoms with van der Waals surface area (Å²) in [5.41, 5.74) is 0.908. The summed E-state index contributed by atoms with van der Waals surface area (Å²) < 4.78 is 26.5. The van der Waals surface area contributed by atoms with Gasteiger partial charge in [0.05, 0.1) is 10.9 Å². The summed E-state index contributed by atoms with van der Waals surface area (Å²) in [7, 11) is -3.39. The van der Waals surface area contributed by atoms with Gasteiger partial charge >= 0.3 is 0 Å². The van der Waals surface area contributed by atoms with Crippen LogP contribution in [0.1, 0.15) is 31.2 Å². The third-order valence-electron chi connectivity index (χ3n) is 3.06. The summed E-state index contributed by atoms with van der Waals surface area (Å²) in [6, 6.07) is 11.1. The minimum atomic E-state index is -3.39. The molecule has 0 aliphatic heterocycles. The van der Waals surface area contributed by atoms with Crippen LogP contribution in [-0.4, -0.2) is 15.0 Å². The third kappa shape index (κ3) is 4.30. The molecule has 0 bridgehead atoms. The summed E-state index contributed by atoms with van der Waals surface area (Å²) in [5.74, 6) is 0. The Morgan fingerprint density at radius 1 is 1.19 bits per heavy atom. The summed E-state index contributed by atoms with van der Waals surface area (Å²) in [6.07, 6.45) is 0.775. The largest absolute Gasteiger partial charge is 0.378 e. The Bertz CT molecular complexity index is 649. The van der Waals surface area contributed by atoms with E-state index in [0.717, 1.165) is 12.1 Å². The molecule has 2 N–H and O–H groups in total. The molecule has 6 heteroatoms. The van der Waals surface area contributed by atoms with Crippen LogP contribution in [0.5, 0.6) is 0 Å². The van der Waals surface area contributed by atoms with Crippen molar-refractivity contribution >= 4 is 27.0 Å². The van der Waals surface area contributed by atoms with E-state index >= 15 is 0 Å². The molecule has 114 valence electrons. The van der Waals surface area contributed by atoms with Gasteiger partial charge in [0.25, 0.3) is 0 Å². The number of anilines is 1. The second-order valence-electron chi connectivity index (χ2n) is 4.80. The van der Waals surface area contributed by atoms with Crippen molar-refractivity contribution in [3.05, 3.63) is 46.7 Å². The maximum Gasteiger partial charge on any atom is 0.240 e. The molecule has 0 radical (unpaired) electrons. The Morgan fingerprint density at radius 3 is 2.48 bits per heavy atom. The first-order valence-electron chi connectivity index (χ1n) is 6.92. The molecule has 0 amide bonds. The van der Waals surface area contributed by atoms with Gasteiger partial charge in [-0.2, -0.15) is 0 Å². The number of thiophene rings is 1. The Kier molecular flexibility index (Phi) is 5.39. The van der Waals surface area contributed by atoms with Crippen LogP contribution in [0, 0.1) is 0 Å². The van der Waals surface area contributed by atoms with E-state index in [1.165, 1.54) is 4.88 Å². The zero-order valence-corrected chi connectivity index (χ0v) is 13.8. The SMILES string of the molecule is CCCNS(=O)(=O)c1ccc(NC(C)c2cccs2)cc1. The fourth-order valence-electron chi connectivity index (χ4n) is 1.91. The quantitative estimate of drug-likeness (QED) is 0.818. The van der Waals surface area contributed by atoms with Gasteiger partial charge in [0, 0.05) is 17.1 Å². The Labute approximate surface area is 130 Å². The first-order chi connectivity index (χ1) is 10.0. The molecule has 1 aromatic carbocycles. The lowest BCUT2D eigenvalue weighted by atomic mass is 10.2. The van der Waals surface area contributed by atoms with Gasteiger partial charge in [-0.3, -0.25) is 0 Å². The lowest BCUT2D eigenvalue weighted by Crippen LogP contribution is -2.24. The van der Waals surface area contributed by atoms with E-state index < -0.39 is 10.0 Å². The Morgan fingerprint density at radius 2 is 1.90 bits per heavy atom. The predicted octanol–water partition coefficient (Wildman–Crippen LogP) is 3.61. The second kappa shape index (κ2) is 7.06. The topological polar surface area (TPSA) is 58.2 Å². The minimum Gasteiger partial charge on any atom is -0.378 e. The Hall–Kier alpha value is -1.37. The molecular formula is C15H20N2O2S2. The highest BCUT2D eigenvalue weighted by Crippen LogP contribution is 2.23. The van der Waals surface area contributed by atoms with Crippen LogP contribution in [0.25, 0.3) is 0 Å². The zero-order chi connectivity index (χ0) is 15.3. The van der Waals surface area contributed by atoms with Crippen LogP contribution in [0.4, 0.5) is 5.69 Å². The van der Waals surface area contributed by atoms with Gasteiger partial charge in [-0.15, -0.1) is 11.3 Å². The molecule has 0 fully saturated rings. The molecule has 1 atom stereocenters. The van der Waals surface area contributed by atoms with Crippen LogP contribution in [0.15, 0.2) is 46.7 Å². The van der Waals surface area contributed by atoms with Crippen LogP contribution in [-0.2, 0) is 10.0 Å². The summed E-state index contributed by atoms with van der Waals surface area (Å²) >= 11 is 1.70. The highest BCUT2D eigenvalue weighted by Gasteiger charge is 2.13. The van der Waals surface area contributed by atoms with Crippen molar-refractivity contribution in [2.45, 2.75) is 31.2 Å². The van der Waals surface area contributed by atoms with Crippen molar-refractivity contribution in [1.29, 1.82) is 0 Å². The predicted molar refractivity (Wildman–Crippen MR) is 88.3 cm³/mol. The maximum atomic E-state index is 12.0. The normalized spacial score (nSPS) is 13.0. The maximum absolute atomic E-state index is 12.0. The van der Waals surface area contributed by atoms with Crippen molar-refractivity contribution in [1.82, 2.24) is 4.72 Å². The molecule has 0 aliphatic carbocycles. The standard InChI is InChI=1S/C15H20N2O2S2/c1-3-10-16-21(18,19)14-8-6-13(7-9-14)17-12(2)15-5-4-11-20-15/h4-9,11-12,16-17H,3,10H2,1-2H3. The van der Waals surface area contributed by atoms with Crippen LogP contribution in [0.2, 0.25) is 0 Å². The Balaban J connectivity index is 2.05. The van der Waals surface area contributed by atoms with Crippen molar-refractivity contribution in [2.24, 2.45) is 0 Å². The van der Waals surface area contributed by atoms with E-state index in [1.807, 2.05) is 18.4 Å². The lowest BCUT2D eigenvalue weighted by molar-refractivity contribution is 0.581. The van der Waals surface area contributed by atoms with Gasteiger partial charge in [-0.05, 0) is 49.1 Å².